The third-order valence-electron chi connectivity index (χ3n) is 2.12. The Balaban J connectivity index is 2.20. The molecule has 1 unspecified atom stereocenters. The van der Waals surface area contributed by atoms with Crippen LogP contribution in [0.25, 0.3) is 4.96 Å². The molecule has 100 valence electrons. The summed E-state index contributed by atoms with van der Waals surface area (Å²) in [6, 6.07) is 0. The summed E-state index contributed by atoms with van der Waals surface area (Å²) in [5.41, 5.74) is 0. The minimum Gasteiger partial charge on any atom is -0.383 e. The van der Waals surface area contributed by atoms with Crippen molar-refractivity contribution >= 4 is 16.3 Å². The predicted octanol–water partition coefficient (Wildman–Crippen LogP) is 0.798. The Morgan fingerprint density at radius 2 is 2.17 bits per heavy atom. The number of nitrogens with zero attached hydrogens (tertiary/aromatic N) is 4. The van der Waals surface area contributed by atoms with Crippen LogP contribution in [0, 0.1) is 0 Å². The Kier molecular flexibility index (Phi) is 3.50. The van der Waals surface area contributed by atoms with Gasteiger partial charge in [0.2, 0.25) is 4.96 Å². The first-order chi connectivity index (χ1) is 8.41. The van der Waals surface area contributed by atoms with E-state index >= 15 is 0 Å². The van der Waals surface area contributed by atoms with Crippen LogP contribution >= 0.6 is 11.3 Å². The lowest BCUT2D eigenvalue weighted by Gasteiger charge is -2.11. The lowest BCUT2D eigenvalue weighted by atomic mass is 10.2. The van der Waals surface area contributed by atoms with E-state index in [2.05, 4.69) is 15.3 Å². The third-order valence-corrected chi connectivity index (χ3v) is 3.04. The van der Waals surface area contributed by atoms with Crippen molar-refractivity contribution in [3.8, 4) is 0 Å². The number of halogens is 3. The third kappa shape index (κ3) is 2.60. The molecule has 0 spiro atoms. The molecule has 0 fully saturated rings. The van der Waals surface area contributed by atoms with Gasteiger partial charge in [-0.05, 0) is 0 Å². The molecule has 0 aromatic carbocycles. The topological polar surface area (TPSA) is 72.5 Å². The van der Waals surface area contributed by atoms with Gasteiger partial charge in [0.15, 0.2) is 11.9 Å². The molecule has 0 radical (unpaired) electrons. The Morgan fingerprint density at radius 1 is 1.44 bits per heavy atom. The molecule has 1 atom stereocenters. The van der Waals surface area contributed by atoms with Crippen LogP contribution in [0.4, 0.5) is 13.2 Å². The Hall–Kier alpha value is -1.26. The quantitative estimate of drug-likeness (QED) is 0.898. The zero-order chi connectivity index (χ0) is 13.3. The molecule has 10 heteroatoms. The number of aliphatic hydroxyl groups excluding tert-OH is 1. The summed E-state index contributed by atoms with van der Waals surface area (Å²) < 4.78 is 42.7. The highest BCUT2D eigenvalue weighted by atomic mass is 32.1. The summed E-state index contributed by atoms with van der Waals surface area (Å²) in [4.78, 5) is 0.367. The summed E-state index contributed by atoms with van der Waals surface area (Å²) in [5, 5.41) is 20.5. The van der Waals surface area contributed by atoms with Gasteiger partial charge in [0.1, 0.15) is 11.6 Å². The number of hydrogen-bond donors (Lipinski definition) is 1. The number of ether oxygens (including phenoxy) is 1. The van der Waals surface area contributed by atoms with Crippen LogP contribution < -0.4 is 0 Å². The number of alkyl halides is 3. The van der Waals surface area contributed by atoms with Gasteiger partial charge in [0.25, 0.3) is 0 Å². The molecule has 2 aromatic rings. The second-order valence-corrected chi connectivity index (χ2v) is 4.54. The van der Waals surface area contributed by atoms with Gasteiger partial charge in [-0.2, -0.15) is 22.8 Å². The van der Waals surface area contributed by atoms with E-state index in [0.29, 0.717) is 10.8 Å². The lowest BCUT2D eigenvalue weighted by Crippen LogP contribution is -2.30. The van der Waals surface area contributed by atoms with E-state index in [1.165, 1.54) is 11.6 Å². The van der Waals surface area contributed by atoms with Crippen LogP contribution in [-0.2, 0) is 17.8 Å². The van der Waals surface area contributed by atoms with Gasteiger partial charge in [0.05, 0.1) is 0 Å². The van der Waals surface area contributed by atoms with Crippen LogP contribution in [0.2, 0.25) is 0 Å². The molecular weight excluding hydrogens is 273 g/mol. The second-order valence-electron chi connectivity index (χ2n) is 3.50. The standard InChI is InChI=1S/C8H9F3N4O2S/c1-17-3-5-12-13-7-15(5)14-6(18-7)2-4(16)8(9,10)11/h4,16H,2-3H2,1H3. The normalized spacial score (nSPS) is 14.3. The molecule has 6 nitrogen and oxygen atoms in total. The minimum atomic E-state index is -4.65. The smallest absolute Gasteiger partial charge is 0.383 e. The molecule has 1 N–H and O–H groups in total. The molecule has 0 aliphatic heterocycles. The molecule has 18 heavy (non-hydrogen) atoms. The maximum atomic E-state index is 12.2. The molecular formula is C8H9F3N4O2S. The first kappa shape index (κ1) is 13.2. The van der Waals surface area contributed by atoms with Crippen LogP contribution in [0.3, 0.4) is 0 Å². The molecule has 0 saturated carbocycles. The summed E-state index contributed by atoms with van der Waals surface area (Å²) >= 11 is 0.951. The van der Waals surface area contributed by atoms with Crippen molar-refractivity contribution in [2.24, 2.45) is 0 Å². The molecule has 2 aromatic heterocycles. The summed E-state index contributed by atoms with van der Waals surface area (Å²) in [6.07, 6.45) is -7.67. The maximum absolute atomic E-state index is 12.2. The van der Waals surface area contributed by atoms with Crippen LogP contribution in [0.1, 0.15) is 10.8 Å². The van der Waals surface area contributed by atoms with E-state index in [1.807, 2.05) is 0 Å². The largest absolute Gasteiger partial charge is 0.414 e. The van der Waals surface area contributed by atoms with E-state index in [4.69, 9.17) is 9.84 Å². The average molecular weight is 282 g/mol. The Labute approximate surface area is 103 Å². The van der Waals surface area contributed by atoms with Gasteiger partial charge in [-0.15, -0.1) is 10.2 Å². The minimum absolute atomic E-state index is 0.141. The van der Waals surface area contributed by atoms with Crippen molar-refractivity contribution < 1.29 is 23.0 Å². The number of methoxy groups -OCH3 is 1. The average Bonchev–Trinajstić information content (AvgIpc) is 2.79. The molecule has 0 aliphatic carbocycles. The van der Waals surface area contributed by atoms with Crippen molar-refractivity contribution in [2.45, 2.75) is 25.3 Å². The zero-order valence-electron chi connectivity index (χ0n) is 9.18. The maximum Gasteiger partial charge on any atom is 0.414 e. The lowest BCUT2D eigenvalue weighted by molar-refractivity contribution is -0.203. The Bertz CT molecular complexity index is 538. The van der Waals surface area contributed by atoms with Gasteiger partial charge in [-0.3, -0.25) is 0 Å². The molecule has 0 amide bonds. The number of aliphatic hydroxyl groups is 1. The monoisotopic (exact) mass is 282 g/mol. The van der Waals surface area contributed by atoms with Crippen LogP contribution in [-0.4, -0.2) is 44.3 Å². The molecule has 2 rings (SSSR count). The van der Waals surface area contributed by atoms with Crippen LogP contribution in [0.15, 0.2) is 0 Å². The first-order valence-corrected chi connectivity index (χ1v) is 5.67. The summed E-state index contributed by atoms with van der Waals surface area (Å²) in [5.74, 6) is 0.400. The highest BCUT2D eigenvalue weighted by Gasteiger charge is 2.38. The van der Waals surface area contributed by atoms with E-state index < -0.39 is 18.7 Å². The fourth-order valence-electron chi connectivity index (χ4n) is 1.28. The van der Waals surface area contributed by atoms with E-state index in [0.717, 1.165) is 11.3 Å². The second kappa shape index (κ2) is 4.78. The highest BCUT2D eigenvalue weighted by molar-refractivity contribution is 7.16. The van der Waals surface area contributed by atoms with E-state index in [-0.39, 0.29) is 11.6 Å². The summed E-state index contributed by atoms with van der Waals surface area (Å²) in [6.45, 7) is 0.159. The van der Waals surface area contributed by atoms with Gasteiger partial charge in [-0.25, -0.2) is 0 Å². The molecule has 0 saturated heterocycles. The molecule has 0 aliphatic rings. The molecule has 2 heterocycles. The zero-order valence-corrected chi connectivity index (χ0v) is 9.99. The van der Waals surface area contributed by atoms with Gasteiger partial charge in [0, 0.05) is 13.5 Å². The van der Waals surface area contributed by atoms with Crippen molar-refractivity contribution in [1.82, 2.24) is 19.8 Å². The molecule has 0 bridgehead atoms. The van der Waals surface area contributed by atoms with Crippen molar-refractivity contribution in [2.75, 3.05) is 7.11 Å². The SMILES string of the molecule is COCc1nnc2sc(CC(O)C(F)(F)F)nn12. The van der Waals surface area contributed by atoms with Crippen molar-refractivity contribution in [3.63, 3.8) is 0 Å². The number of hydrogen-bond acceptors (Lipinski definition) is 6. The van der Waals surface area contributed by atoms with Crippen LogP contribution in [0.5, 0.6) is 0 Å². The number of fused-ring (bicyclic) bond motifs is 1. The van der Waals surface area contributed by atoms with Gasteiger partial charge in [-0.1, -0.05) is 11.3 Å². The number of rotatable bonds is 4. The number of aromatic nitrogens is 4. The van der Waals surface area contributed by atoms with Crippen molar-refractivity contribution in [3.05, 3.63) is 10.8 Å². The predicted molar refractivity (Wildman–Crippen MR) is 55.1 cm³/mol. The first-order valence-electron chi connectivity index (χ1n) is 4.85. The Morgan fingerprint density at radius 3 is 2.78 bits per heavy atom. The fourth-order valence-corrected chi connectivity index (χ4v) is 2.17. The van der Waals surface area contributed by atoms with Crippen molar-refractivity contribution in [1.29, 1.82) is 0 Å². The fraction of sp³-hybridized carbons (Fsp3) is 0.625. The highest BCUT2D eigenvalue weighted by Crippen LogP contribution is 2.24. The van der Waals surface area contributed by atoms with E-state index in [9.17, 15) is 13.2 Å². The van der Waals surface area contributed by atoms with Gasteiger partial charge >= 0.3 is 6.18 Å². The van der Waals surface area contributed by atoms with E-state index in [1.54, 1.807) is 0 Å². The van der Waals surface area contributed by atoms with Gasteiger partial charge < -0.3 is 9.84 Å². The summed E-state index contributed by atoms with van der Waals surface area (Å²) in [7, 11) is 1.46.